The summed E-state index contributed by atoms with van der Waals surface area (Å²) in [5.74, 6) is -1.42. The molecule has 0 aromatic rings. The molecular formula is C17H33NO3. The Labute approximate surface area is 130 Å². The molecule has 2 unspecified atom stereocenters. The first-order chi connectivity index (χ1) is 9.90. The summed E-state index contributed by atoms with van der Waals surface area (Å²) >= 11 is 0. The number of aliphatic hydroxyl groups excluding tert-OH is 1. The Morgan fingerprint density at radius 1 is 1.29 bits per heavy atom. The molecule has 0 aliphatic carbocycles. The fraction of sp³-hybridized carbons (Fsp3) is 0.824. The van der Waals surface area contributed by atoms with Crippen LogP contribution in [0.25, 0.3) is 0 Å². The van der Waals surface area contributed by atoms with Gasteiger partial charge in [-0.3, -0.25) is 0 Å². The lowest BCUT2D eigenvalue weighted by atomic mass is 10.1. The van der Waals surface area contributed by atoms with Gasteiger partial charge in [0.2, 0.25) is 0 Å². The summed E-state index contributed by atoms with van der Waals surface area (Å²) < 4.78 is 0.747. The topological polar surface area (TPSA) is 60.4 Å². The maximum Gasteiger partial charge on any atom is 0.121 e. The Morgan fingerprint density at radius 3 is 2.38 bits per heavy atom. The van der Waals surface area contributed by atoms with Gasteiger partial charge in [-0.05, 0) is 20.3 Å². The molecule has 0 rings (SSSR count). The summed E-state index contributed by atoms with van der Waals surface area (Å²) in [4.78, 5) is 10.8. The molecule has 0 aromatic carbocycles. The van der Waals surface area contributed by atoms with Crippen molar-refractivity contribution in [1.29, 1.82) is 0 Å². The number of likely N-dealkylation sites (N-methyl/N-ethyl adjacent to an activating group) is 1. The third-order valence-electron chi connectivity index (χ3n) is 4.44. The molecule has 0 aliphatic rings. The van der Waals surface area contributed by atoms with Crippen molar-refractivity contribution in [2.24, 2.45) is 5.92 Å². The summed E-state index contributed by atoms with van der Waals surface area (Å²) in [6, 6.07) is 0. The molecule has 0 amide bonds. The van der Waals surface area contributed by atoms with Gasteiger partial charge < -0.3 is 19.5 Å². The number of nitrogens with zero attached hydrogens (tertiary/aromatic N) is 1. The second kappa shape index (κ2) is 10.8. The summed E-state index contributed by atoms with van der Waals surface area (Å²) in [5.41, 5.74) is 0. The molecule has 21 heavy (non-hydrogen) atoms. The van der Waals surface area contributed by atoms with E-state index in [1.165, 1.54) is 0 Å². The number of unbranched alkanes of at least 4 members (excludes halogenated alkanes) is 2. The van der Waals surface area contributed by atoms with E-state index in [0.717, 1.165) is 43.4 Å². The Balaban J connectivity index is 4.50. The highest BCUT2D eigenvalue weighted by atomic mass is 16.4. The molecule has 0 radical (unpaired) electrons. The van der Waals surface area contributed by atoms with Gasteiger partial charge in [0.05, 0.1) is 19.6 Å². The minimum absolute atomic E-state index is 0.433. The van der Waals surface area contributed by atoms with Crippen molar-refractivity contribution < 1.29 is 19.5 Å². The molecule has 4 nitrogen and oxygen atoms in total. The fourth-order valence-electron chi connectivity index (χ4n) is 2.51. The van der Waals surface area contributed by atoms with Crippen LogP contribution in [0.4, 0.5) is 0 Å². The number of carbonyl (C=O) groups excluding carboxylic acids is 1. The third-order valence-corrected chi connectivity index (χ3v) is 4.44. The lowest BCUT2D eigenvalue weighted by Gasteiger charge is -2.38. The normalized spacial score (nSPS) is 15.3. The van der Waals surface area contributed by atoms with Gasteiger partial charge in [-0.2, -0.15) is 0 Å². The van der Waals surface area contributed by atoms with Crippen LogP contribution in [0.1, 0.15) is 53.4 Å². The summed E-state index contributed by atoms with van der Waals surface area (Å²) in [5, 5.41) is 21.0. The first-order valence-corrected chi connectivity index (χ1v) is 8.31. The number of carboxylic acid groups (broad SMARTS) is 1. The van der Waals surface area contributed by atoms with Gasteiger partial charge in [-0.25, -0.2) is 0 Å². The monoisotopic (exact) mass is 299 g/mol. The van der Waals surface area contributed by atoms with Crippen LogP contribution in [0.3, 0.4) is 0 Å². The van der Waals surface area contributed by atoms with Crippen molar-refractivity contribution in [2.75, 3.05) is 26.2 Å². The average Bonchev–Trinajstić information content (AvgIpc) is 2.47. The number of carbonyl (C=O) groups is 1. The number of aliphatic hydroxyl groups is 1. The molecule has 0 bridgehead atoms. The largest absolute Gasteiger partial charge is 0.550 e. The lowest BCUT2D eigenvalue weighted by molar-refractivity contribution is -0.927. The van der Waals surface area contributed by atoms with Crippen LogP contribution < -0.4 is 5.11 Å². The molecule has 0 aromatic heterocycles. The van der Waals surface area contributed by atoms with Crippen LogP contribution in [-0.4, -0.2) is 47.8 Å². The SMILES string of the molecule is CCCC/C=C/C(O)C[N+](CC)(CC)CCC(C)C(=O)[O-]. The molecule has 2 atom stereocenters. The standard InChI is InChI=1S/C17H33NO3/c1-5-8-9-10-11-16(19)14-18(6-2,7-3)13-12-15(4)17(20)21/h10-11,15-16,19H,5-9,12-14H2,1-4H3/b11-10+. The van der Waals surface area contributed by atoms with Crippen LogP contribution in [0.2, 0.25) is 0 Å². The van der Waals surface area contributed by atoms with E-state index in [9.17, 15) is 15.0 Å². The Hall–Kier alpha value is -0.870. The number of allylic oxidation sites excluding steroid dienone is 1. The first-order valence-electron chi connectivity index (χ1n) is 8.31. The highest BCUT2D eigenvalue weighted by Crippen LogP contribution is 2.14. The van der Waals surface area contributed by atoms with Gasteiger partial charge in [0.1, 0.15) is 12.6 Å². The second-order valence-electron chi connectivity index (χ2n) is 6.03. The number of rotatable bonds is 12. The number of quaternary nitrogens is 1. The second-order valence-corrected chi connectivity index (χ2v) is 6.03. The van der Waals surface area contributed by atoms with E-state index in [-0.39, 0.29) is 0 Å². The molecule has 0 heterocycles. The van der Waals surface area contributed by atoms with E-state index < -0.39 is 18.0 Å². The maximum absolute atomic E-state index is 10.8. The Kier molecular flexibility index (Phi) is 10.4. The van der Waals surface area contributed by atoms with Gasteiger partial charge in [-0.1, -0.05) is 38.8 Å². The smallest absolute Gasteiger partial charge is 0.121 e. The number of hydrogen-bond donors (Lipinski definition) is 1. The summed E-state index contributed by atoms with van der Waals surface area (Å²) in [6.45, 7) is 11.3. The van der Waals surface area contributed by atoms with Gasteiger partial charge in [-0.15, -0.1) is 0 Å². The van der Waals surface area contributed by atoms with E-state index in [2.05, 4.69) is 26.8 Å². The highest BCUT2D eigenvalue weighted by molar-refractivity contribution is 5.66. The molecular weight excluding hydrogens is 266 g/mol. The lowest BCUT2D eigenvalue weighted by Crippen LogP contribution is -2.53. The molecule has 4 heteroatoms. The van der Waals surface area contributed by atoms with Crippen molar-refractivity contribution in [1.82, 2.24) is 0 Å². The molecule has 0 fully saturated rings. The van der Waals surface area contributed by atoms with Gasteiger partial charge >= 0.3 is 0 Å². The highest BCUT2D eigenvalue weighted by Gasteiger charge is 2.26. The molecule has 0 spiro atoms. The average molecular weight is 299 g/mol. The molecule has 0 saturated carbocycles. The van der Waals surface area contributed by atoms with Crippen LogP contribution in [0.5, 0.6) is 0 Å². The van der Waals surface area contributed by atoms with Crippen LogP contribution in [0.15, 0.2) is 12.2 Å². The van der Waals surface area contributed by atoms with E-state index >= 15 is 0 Å². The predicted octanol–water partition coefficient (Wildman–Crippen LogP) is 1.73. The first kappa shape index (κ1) is 20.1. The Morgan fingerprint density at radius 2 is 1.90 bits per heavy atom. The van der Waals surface area contributed by atoms with Crippen LogP contribution in [0, 0.1) is 5.92 Å². The number of carboxylic acids is 1. The van der Waals surface area contributed by atoms with Crippen molar-refractivity contribution in [2.45, 2.75) is 59.5 Å². The maximum atomic E-state index is 10.8. The van der Waals surface area contributed by atoms with Gasteiger partial charge in [0.15, 0.2) is 0 Å². The molecule has 0 aliphatic heterocycles. The zero-order chi connectivity index (χ0) is 16.3. The zero-order valence-corrected chi connectivity index (χ0v) is 14.2. The predicted molar refractivity (Wildman–Crippen MR) is 84.5 cm³/mol. The van der Waals surface area contributed by atoms with Crippen molar-refractivity contribution in [3.63, 3.8) is 0 Å². The van der Waals surface area contributed by atoms with Crippen LogP contribution in [-0.2, 0) is 4.79 Å². The van der Waals surface area contributed by atoms with E-state index in [0.29, 0.717) is 13.0 Å². The van der Waals surface area contributed by atoms with Crippen molar-refractivity contribution >= 4 is 5.97 Å². The fourth-order valence-corrected chi connectivity index (χ4v) is 2.51. The quantitative estimate of drug-likeness (QED) is 0.339. The van der Waals surface area contributed by atoms with Gasteiger partial charge in [0.25, 0.3) is 0 Å². The third kappa shape index (κ3) is 8.22. The minimum Gasteiger partial charge on any atom is -0.550 e. The summed E-state index contributed by atoms with van der Waals surface area (Å²) in [7, 11) is 0. The van der Waals surface area contributed by atoms with E-state index in [1.54, 1.807) is 6.92 Å². The Bertz CT molecular complexity index is 311. The minimum atomic E-state index is -0.986. The van der Waals surface area contributed by atoms with Crippen LogP contribution >= 0.6 is 0 Å². The zero-order valence-electron chi connectivity index (χ0n) is 14.2. The van der Waals surface area contributed by atoms with E-state index in [1.807, 2.05) is 6.08 Å². The number of hydrogen-bond acceptors (Lipinski definition) is 3. The van der Waals surface area contributed by atoms with Crippen molar-refractivity contribution in [3.05, 3.63) is 12.2 Å². The van der Waals surface area contributed by atoms with Gasteiger partial charge in [0, 0.05) is 18.3 Å². The van der Waals surface area contributed by atoms with Crippen molar-refractivity contribution in [3.8, 4) is 0 Å². The molecule has 1 N–H and O–H groups in total. The molecule has 124 valence electrons. The van der Waals surface area contributed by atoms with E-state index in [4.69, 9.17) is 0 Å². The molecule has 0 saturated heterocycles. The summed E-state index contributed by atoms with van der Waals surface area (Å²) in [6.07, 6.45) is 7.39. The number of aliphatic carboxylic acids is 1.